The highest BCUT2D eigenvalue weighted by molar-refractivity contribution is 8.00. The third-order valence-corrected chi connectivity index (χ3v) is 6.98. The van der Waals surface area contributed by atoms with Crippen LogP contribution in [0.15, 0.2) is 71.6 Å². The Morgan fingerprint density at radius 3 is 2.10 bits per heavy atom. The second kappa shape index (κ2) is 11.2. The molecule has 1 aliphatic rings. The van der Waals surface area contributed by atoms with Gasteiger partial charge in [-0.3, -0.25) is 14.4 Å². The number of ether oxygens (including phenoxy) is 1. The van der Waals surface area contributed by atoms with Crippen molar-refractivity contribution in [2.75, 3.05) is 17.3 Å². The van der Waals surface area contributed by atoms with Crippen molar-refractivity contribution in [3.8, 4) is 0 Å². The topological polar surface area (TPSA) is 167 Å². The lowest BCUT2D eigenvalue weighted by atomic mass is 10.0. The Labute approximate surface area is 225 Å². The van der Waals surface area contributed by atoms with Crippen molar-refractivity contribution in [3.63, 3.8) is 0 Å². The van der Waals surface area contributed by atoms with E-state index in [4.69, 9.17) is 5.11 Å². The van der Waals surface area contributed by atoms with Crippen LogP contribution in [-0.2, 0) is 14.3 Å². The minimum Gasteiger partial charge on any atom is -0.478 e. The zero-order valence-electron chi connectivity index (χ0n) is 20.2. The minimum absolute atomic E-state index is 0.0228. The summed E-state index contributed by atoms with van der Waals surface area (Å²) in [6.07, 6.45) is -0.0228. The maximum Gasteiger partial charge on any atom is 0.337 e. The number of imide groups is 1. The van der Waals surface area contributed by atoms with Gasteiger partial charge in [0.1, 0.15) is 0 Å². The quantitative estimate of drug-likeness (QED) is 0.280. The number of hydrogen-bond acceptors (Lipinski definition) is 8. The number of carbonyl (C=O) groups is 6. The number of carboxylic acid groups (broad SMARTS) is 2. The van der Waals surface area contributed by atoms with Gasteiger partial charge < -0.3 is 20.3 Å². The molecular formula is C27H20N2O9S. The fourth-order valence-corrected chi connectivity index (χ4v) is 4.92. The largest absolute Gasteiger partial charge is 0.478 e. The molecule has 0 aromatic heterocycles. The molecule has 39 heavy (non-hydrogen) atoms. The van der Waals surface area contributed by atoms with E-state index >= 15 is 0 Å². The molecule has 0 radical (unpaired) electrons. The number of benzene rings is 3. The predicted molar refractivity (Wildman–Crippen MR) is 139 cm³/mol. The summed E-state index contributed by atoms with van der Waals surface area (Å²) in [4.78, 5) is 74.2. The Balaban J connectivity index is 1.43. The summed E-state index contributed by atoms with van der Waals surface area (Å²) in [6.45, 7) is 0. The summed E-state index contributed by atoms with van der Waals surface area (Å²) in [5.41, 5.74) is 0.0474. The first kappa shape index (κ1) is 27.1. The van der Waals surface area contributed by atoms with Gasteiger partial charge in [0, 0.05) is 17.0 Å². The SMILES string of the molecule is COC(=O)c1ccc(N2C(=O)CC(Sc3ccc(NC(=O)c4ccc(C(=O)O)cc4C(=O)O)cc3)C2=O)cc1. The average molecular weight is 549 g/mol. The van der Waals surface area contributed by atoms with Gasteiger partial charge in [-0.15, -0.1) is 11.8 Å². The second-order valence-corrected chi connectivity index (χ2v) is 9.54. The fourth-order valence-electron chi connectivity index (χ4n) is 3.86. The van der Waals surface area contributed by atoms with Crippen LogP contribution in [0.2, 0.25) is 0 Å². The van der Waals surface area contributed by atoms with Crippen LogP contribution in [0.1, 0.15) is 47.9 Å². The van der Waals surface area contributed by atoms with Crippen LogP contribution in [0.4, 0.5) is 11.4 Å². The van der Waals surface area contributed by atoms with Crippen LogP contribution in [0.3, 0.4) is 0 Å². The van der Waals surface area contributed by atoms with Crippen molar-refractivity contribution in [1.82, 2.24) is 0 Å². The number of amides is 3. The molecule has 1 unspecified atom stereocenters. The molecule has 11 nitrogen and oxygen atoms in total. The lowest BCUT2D eigenvalue weighted by molar-refractivity contribution is -0.121. The van der Waals surface area contributed by atoms with E-state index in [1.165, 1.54) is 43.1 Å². The number of aromatic carboxylic acids is 2. The van der Waals surface area contributed by atoms with Crippen molar-refractivity contribution in [2.45, 2.75) is 16.6 Å². The zero-order valence-corrected chi connectivity index (χ0v) is 21.1. The molecule has 0 spiro atoms. The molecule has 4 rings (SSSR count). The zero-order chi connectivity index (χ0) is 28.3. The number of anilines is 2. The fraction of sp³-hybridized carbons (Fsp3) is 0.111. The third kappa shape index (κ3) is 5.80. The smallest absolute Gasteiger partial charge is 0.337 e. The normalized spacial score (nSPS) is 14.7. The highest BCUT2D eigenvalue weighted by Gasteiger charge is 2.40. The standard InChI is InChI=1S/C27H20N2O9S/c1-38-27(37)14-2-7-17(8-3-14)29-22(30)13-21(24(29)32)39-18-9-5-16(6-10-18)28-23(31)19-11-4-15(25(33)34)12-20(19)26(35)36/h2-12,21H,13H2,1H3,(H,28,31)(H,33,34)(H,35,36). The molecule has 1 aliphatic heterocycles. The van der Waals surface area contributed by atoms with Gasteiger partial charge in [-0.25, -0.2) is 19.3 Å². The highest BCUT2D eigenvalue weighted by atomic mass is 32.2. The molecule has 12 heteroatoms. The van der Waals surface area contributed by atoms with Gasteiger partial charge in [-0.2, -0.15) is 0 Å². The van der Waals surface area contributed by atoms with Gasteiger partial charge in [0.15, 0.2) is 0 Å². The van der Waals surface area contributed by atoms with E-state index in [0.717, 1.165) is 23.1 Å². The Kier molecular flexibility index (Phi) is 7.77. The van der Waals surface area contributed by atoms with Crippen molar-refractivity contribution < 1.29 is 43.7 Å². The lowest BCUT2D eigenvalue weighted by Gasteiger charge is -2.15. The number of nitrogens with zero attached hydrogens (tertiary/aromatic N) is 1. The minimum atomic E-state index is -1.45. The summed E-state index contributed by atoms with van der Waals surface area (Å²) in [5, 5.41) is 20.3. The van der Waals surface area contributed by atoms with Gasteiger partial charge in [-0.1, -0.05) is 0 Å². The van der Waals surface area contributed by atoms with Crippen LogP contribution < -0.4 is 10.2 Å². The molecular weight excluding hydrogens is 528 g/mol. The van der Waals surface area contributed by atoms with Crippen molar-refractivity contribution >= 4 is 58.8 Å². The molecule has 198 valence electrons. The number of carbonyl (C=O) groups excluding carboxylic acids is 4. The summed E-state index contributed by atoms with van der Waals surface area (Å²) in [6, 6.07) is 15.5. The number of methoxy groups -OCH3 is 1. The molecule has 1 fully saturated rings. The number of esters is 1. The van der Waals surface area contributed by atoms with Gasteiger partial charge in [0.05, 0.1) is 40.3 Å². The number of nitrogens with one attached hydrogen (secondary N) is 1. The molecule has 3 amide bonds. The summed E-state index contributed by atoms with van der Waals surface area (Å²) in [5.74, 6) is -4.82. The van der Waals surface area contributed by atoms with Crippen LogP contribution in [-0.4, -0.2) is 58.2 Å². The van der Waals surface area contributed by atoms with Gasteiger partial charge in [-0.05, 0) is 66.7 Å². The molecule has 3 N–H and O–H groups in total. The van der Waals surface area contributed by atoms with E-state index < -0.39 is 40.5 Å². The highest BCUT2D eigenvalue weighted by Crippen LogP contribution is 2.34. The van der Waals surface area contributed by atoms with E-state index in [1.54, 1.807) is 24.3 Å². The molecule has 0 bridgehead atoms. The molecule has 1 atom stereocenters. The molecule has 0 aliphatic carbocycles. The van der Waals surface area contributed by atoms with Crippen molar-refractivity contribution in [2.24, 2.45) is 0 Å². The van der Waals surface area contributed by atoms with Crippen LogP contribution in [0, 0.1) is 0 Å². The number of carboxylic acids is 2. The van der Waals surface area contributed by atoms with Gasteiger partial charge in [0.2, 0.25) is 11.8 Å². The Morgan fingerprint density at radius 1 is 0.872 bits per heavy atom. The second-order valence-electron chi connectivity index (χ2n) is 8.27. The van der Waals surface area contributed by atoms with E-state index in [2.05, 4.69) is 10.1 Å². The number of rotatable bonds is 8. The van der Waals surface area contributed by atoms with Gasteiger partial charge in [0.25, 0.3) is 5.91 Å². The molecule has 3 aromatic rings. The van der Waals surface area contributed by atoms with Crippen LogP contribution in [0.25, 0.3) is 0 Å². The monoisotopic (exact) mass is 548 g/mol. The Hall–Kier alpha value is -4.97. The maximum atomic E-state index is 13.0. The average Bonchev–Trinajstić information content (AvgIpc) is 3.20. The Bertz CT molecular complexity index is 1500. The maximum absolute atomic E-state index is 13.0. The lowest BCUT2D eigenvalue weighted by Crippen LogP contribution is -2.31. The first-order valence-electron chi connectivity index (χ1n) is 11.3. The van der Waals surface area contributed by atoms with E-state index in [1.807, 2.05) is 0 Å². The van der Waals surface area contributed by atoms with E-state index in [0.29, 0.717) is 16.3 Å². The summed E-state index contributed by atoms with van der Waals surface area (Å²) in [7, 11) is 1.25. The number of thioether (sulfide) groups is 1. The van der Waals surface area contributed by atoms with E-state index in [-0.39, 0.29) is 29.0 Å². The number of hydrogen-bond donors (Lipinski definition) is 3. The van der Waals surface area contributed by atoms with Crippen LogP contribution >= 0.6 is 11.8 Å². The van der Waals surface area contributed by atoms with E-state index in [9.17, 15) is 33.9 Å². The first-order valence-corrected chi connectivity index (χ1v) is 12.2. The predicted octanol–water partition coefficient (Wildman–Crippen LogP) is 3.55. The van der Waals surface area contributed by atoms with Gasteiger partial charge >= 0.3 is 17.9 Å². The summed E-state index contributed by atoms with van der Waals surface area (Å²) >= 11 is 1.18. The molecule has 3 aromatic carbocycles. The summed E-state index contributed by atoms with van der Waals surface area (Å²) < 4.78 is 4.65. The van der Waals surface area contributed by atoms with Crippen molar-refractivity contribution in [3.05, 3.63) is 89.0 Å². The van der Waals surface area contributed by atoms with Crippen molar-refractivity contribution in [1.29, 1.82) is 0 Å². The molecule has 1 saturated heterocycles. The third-order valence-electron chi connectivity index (χ3n) is 5.78. The first-order chi connectivity index (χ1) is 18.6. The Morgan fingerprint density at radius 2 is 1.51 bits per heavy atom. The van der Waals surface area contributed by atoms with Crippen LogP contribution in [0.5, 0.6) is 0 Å². The molecule has 0 saturated carbocycles. The molecule has 1 heterocycles.